The molecule has 3 aromatic heterocycles. The number of aromatic amines is 1. The van der Waals surface area contributed by atoms with Crippen molar-refractivity contribution in [2.45, 2.75) is 32.9 Å². The number of thiazole rings is 1. The Morgan fingerprint density at radius 3 is 2.73 bits per heavy atom. The van der Waals surface area contributed by atoms with Gasteiger partial charge in [-0.3, -0.25) is 19.6 Å². The van der Waals surface area contributed by atoms with E-state index in [0.717, 1.165) is 10.6 Å². The van der Waals surface area contributed by atoms with Gasteiger partial charge in [-0.25, -0.2) is 9.55 Å². The molecular weight excluding hydrogens is 402 g/mol. The summed E-state index contributed by atoms with van der Waals surface area (Å²) in [6, 6.07) is 2.87. The SMILES string of the molecule is Cc1nc(C)c(C(=O)C2=C(O)C(=O)N(CCC[n+]3cc[nH]c3)C2c2ccncc2)s1. The standard InChI is InChI=1S/C21H21N5O3S/c1-13-20(30-14(2)24-13)18(27)16-17(15-4-6-22-7-5-15)26(21(29)19(16)28)10-3-9-25-11-8-23-12-25/h4-8,11-12,17H,3,9-10H2,1-2H3,(H,27,28)/p+1. The van der Waals surface area contributed by atoms with E-state index in [0.29, 0.717) is 30.1 Å². The normalized spacial score (nSPS) is 16.5. The number of aromatic nitrogens is 4. The molecule has 1 unspecified atom stereocenters. The third-order valence-corrected chi connectivity index (χ3v) is 6.17. The van der Waals surface area contributed by atoms with Crippen LogP contribution in [0.5, 0.6) is 0 Å². The molecule has 1 amide bonds. The number of imidazole rings is 1. The fourth-order valence-electron chi connectivity index (χ4n) is 3.76. The lowest BCUT2D eigenvalue weighted by Gasteiger charge is -2.26. The second kappa shape index (κ2) is 8.19. The molecule has 0 aliphatic carbocycles. The van der Waals surface area contributed by atoms with Crippen LogP contribution in [-0.2, 0) is 11.3 Å². The maximum atomic E-state index is 13.4. The lowest BCUT2D eigenvalue weighted by molar-refractivity contribution is -0.695. The minimum absolute atomic E-state index is 0.104. The summed E-state index contributed by atoms with van der Waals surface area (Å²) in [5.41, 5.74) is 1.44. The third-order valence-electron chi connectivity index (χ3n) is 5.10. The summed E-state index contributed by atoms with van der Waals surface area (Å²) >= 11 is 1.27. The molecule has 3 aromatic rings. The van der Waals surface area contributed by atoms with E-state index < -0.39 is 17.7 Å². The number of nitrogens with zero attached hydrogens (tertiary/aromatic N) is 4. The number of nitrogens with one attached hydrogen (secondary N) is 1. The predicted octanol–water partition coefficient (Wildman–Crippen LogP) is 2.44. The van der Waals surface area contributed by atoms with Crippen molar-refractivity contribution in [3.05, 3.63) is 75.7 Å². The van der Waals surface area contributed by atoms with Crippen LogP contribution >= 0.6 is 11.3 Å². The van der Waals surface area contributed by atoms with Gasteiger partial charge in [-0.15, -0.1) is 11.3 Å². The van der Waals surface area contributed by atoms with Crippen LogP contribution in [0.4, 0.5) is 0 Å². The number of ketones is 1. The highest BCUT2D eigenvalue weighted by molar-refractivity contribution is 7.14. The predicted molar refractivity (Wildman–Crippen MR) is 110 cm³/mol. The van der Waals surface area contributed by atoms with Crippen molar-refractivity contribution in [3.8, 4) is 0 Å². The third kappa shape index (κ3) is 3.63. The van der Waals surface area contributed by atoms with Gasteiger partial charge in [0.05, 0.1) is 33.7 Å². The number of H-pyrrole nitrogens is 1. The number of Topliss-reactive ketones (excluding diaryl/α,β-unsaturated/α-hetero) is 1. The molecule has 0 bridgehead atoms. The monoisotopic (exact) mass is 424 g/mol. The van der Waals surface area contributed by atoms with Gasteiger partial charge in [0.2, 0.25) is 12.1 Å². The number of carbonyl (C=O) groups excluding carboxylic acids is 2. The fraction of sp³-hybridized carbons (Fsp3) is 0.286. The summed E-state index contributed by atoms with van der Waals surface area (Å²) in [5, 5.41) is 11.5. The van der Waals surface area contributed by atoms with Gasteiger partial charge in [-0.2, -0.15) is 0 Å². The van der Waals surface area contributed by atoms with Gasteiger partial charge >= 0.3 is 0 Å². The van der Waals surface area contributed by atoms with E-state index in [9.17, 15) is 14.7 Å². The quantitative estimate of drug-likeness (QED) is 0.448. The Hall–Kier alpha value is -3.33. The molecule has 1 aliphatic rings. The Balaban J connectivity index is 1.67. The van der Waals surface area contributed by atoms with Crippen molar-refractivity contribution < 1.29 is 19.3 Å². The van der Waals surface area contributed by atoms with Crippen molar-refractivity contribution in [2.75, 3.05) is 6.54 Å². The molecule has 0 spiro atoms. The first-order chi connectivity index (χ1) is 14.5. The van der Waals surface area contributed by atoms with Crippen molar-refractivity contribution in [2.24, 2.45) is 0 Å². The van der Waals surface area contributed by atoms with E-state index in [1.54, 1.807) is 36.4 Å². The molecule has 8 nitrogen and oxygen atoms in total. The maximum absolute atomic E-state index is 13.4. The lowest BCUT2D eigenvalue weighted by Crippen LogP contribution is -2.36. The highest BCUT2D eigenvalue weighted by atomic mass is 32.1. The summed E-state index contributed by atoms with van der Waals surface area (Å²) in [4.78, 5) is 39.7. The summed E-state index contributed by atoms with van der Waals surface area (Å²) < 4.78 is 1.98. The molecule has 30 heavy (non-hydrogen) atoms. The molecule has 0 fully saturated rings. The molecule has 2 N–H and O–H groups in total. The molecule has 4 rings (SSSR count). The lowest BCUT2D eigenvalue weighted by atomic mass is 9.95. The van der Waals surface area contributed by atoms with Crippen molar-refractivity contribution in [1.29, 1.82) is 0 Å². The molecule has 4 heterocycles. The van der Waals surface area contributed by atoms with Crippen LogP contribution in [0.3, 0.4) is 0 Å². The molecule has 0 radical (unpaired) electrons. The van der Waals surface area contributed by atoms with Crippen molar-refractivity contribution >= 4 is 23.0 Å². The smallest absolute Gasteiger partial charge is 0.290 e. The molecule has 154 valence electrons. The van der Waals surface area contributed by atoms with Crippen LogP contribution in [0.1, 0.15) is 38.4 Å². The van der Waals surface area contributed by atoms with E-state index >= 15 is 0 Å². The summed E-state index contributed by atoms with van der Waals surface area (Å²) in [6.45, 7) is 4.69. The van der Waals surface area contributed by atoms with E-state index in [1.807, 2.05) is 30.2 Å². The number of hydrogen-bond acceptors (Lipinski definition) is 6. The zero-order valence-corrected chi connectivity index (χ0v) is 17.5. The van der Waals surface area contributed by atoms with Crippen molar-refractivity contribution in [3.63, 3.8) is 0 Å². The minimum atomic E-state index is -0.661. The Morgan fingerprint density at radius 2 is 2.10 bits per heavy atom. The molecule has 0 saturated carbocycles. The maximum Gasteiger partial charge on any atom is 0.290 e. The fourth-order valence-corrected chi connectivity index (χ4v) is 4.63. The molecule has 9 heteroatoms. The second-order valence-electron chi connectivity index (χ2n) is 7.12. The number of hydrogen-bond donors (Lipinski definition) is 2. The zero-order chi connectivity index (χ0) is 21.3. The zero-order valence-electron chi connectivity index (χ0n) is 16.7. The number of amides is 1. The number of aliphatic hydroxyl groups is 1. The largest absolute Gasteiger partial charge is 0.503 e. The Kier molecular flexibility index (Phi) is 5.45. The Labute approximate surface area is 177 Å². The Bertz CT molecular complexity index is 1110. The number of aryl methyl sites for hydroxylation is 3. The number of rotatable bonds is 7. The summed E-state index contributed by atoms with van der Waals surface area (Å²) in [6.07, 6.45) is 9.48. The van der Waals surface area contributed by atoms with E-state index in [4.69, 9.17) is 0 Å². The summed E-state index contributed by atoms with van der Waals surface area (Å²) in [5.74, 6) is -1.37. The number of aliphatic hydroxyl groups excluding tert-OH is 1. The average Bonchev–Trinajstić information content (AvgIpc) is 3.43. The highest BCUT2D eigenvalue weighted by Gasteiger charge is 2.44. The first-order valence-corrected chi connectivity index (χ1v) is 10.4. The van der Waals surface area contributed by atoms with E-state index in [1.165, 1.54) is 11.3 Å². The van der Waals surface area contributed by atoms with Gasteiger partial charge in [0.1, 0.15) is 12.4 Å². The van der Waals surface area contributed by atoms with E-state index in [2.05, 4.69) is 15.0 Å². The molecule has 1 aliphatic heterocycles. The molecule has 0 aromatic carbocycles. The minimum Gasteiger partial charge on any atom is -0.503 e. The van der Waals surface area contributed by atoms with Crippen LogP contribution in [0.25, 0.3) is 0 Å². The first-order valence-electron chi connectivity index (χ1n) is 9.62. The van der Waals surface area contributed by atoms with Gasteiger partial charge in [-0.05, 0) is 31.5 Å². The van der Waals surface area contributed by atoms with Crippen LogP contribution in [0, 0.1) is 13.8 Å². The van der Waals surface area contributed by atoms with Gasteiger partial charge in [0.25, 0.3) is 5.91 Å². The second-order valence-corrected chi connectivity index (χ2v) is 8.33. The van der Waals surface area contributed by atoms with Gasteiger partial charge in [0, 0.05) is 25.4 Å². The molecule has 1 atom stereocenters. The molecule has 0 saturated heterocycles. The number of pyridine rings is 1. The van der Waals surface area contributed by atoms with Crippen LogP contribution in [-0.4, -0.2) is 43.2 Å². The van der Waals surface area contributed by atoms with Crippen LogP contribution < -0.4 is 4.57 Å². The van der Waals surface area contributed by atoms with Gasteiger partial charge < -0.3 is 10.0 Å². The highest BCUT2D eigenvalue weighted by Crippen LogP contribution is 2.39. The van der Waals surface area contributed by atoms with Crippen LogP contribution in [0.15, 0.2) is 54.6 Å². The van der Waals surface area contributed by atoms with Gasteiger partial charge in [0.15, 0.2) is 5.76 Å². The van der Waals surface area contributed by atoms with Crippen LogP contribution in [0.2, 0.25) is 0 Å². The van der Waals surface area contributed by atoms with E-state index in [-0.39, 0.29) is 11.4 Å². The van der Waals surface area contributed by atoms with Crippen molar-refractivity contribution in [1.82, 2.24) is 19.9 Å². The molecular formula is C21H22N5O3S+. The van der Waals surface area contributed by atoms with Gasteiger partial charge in [-0.1, -0.05) is 0 Å². The summed E-state index contributed by atoms with van der Waals surface area (Å²) in [7, 11) is 0. The number of carbonyl (C=O) groups is 2. The Morgan fingerprint density at radius 1 is 1.33 bits per heavy atom. The average molecular weight is 425 g/mol. The first kappa shape index (κ1) is 20.0. The topological polar surface area (TPSA) is 103 Å².